The lowest BCUT2D eigenvalue weighted by Gasteiger charge is -2.38. The molecule has 4 N–H and O–H groups in total. The molecular formula is C14H17N5. The molecule has 5 heteroatoms. The Morgan fingerprint density at radius 1 is 1.16 bits per heavy atom. The van der Waals surface area contributed by atoms with Crippen LogP contribution in [0.3, 0.4) is 0 Å². The molecule has 2 aromatic heterocycles. The first kappa shape index (κ1) is 12.0. The molecule has 5 nitrogen and oxygen atoms in total. The van der Waals surface area contributed by atoms with E-state index in [4.69, 9.17) is 11.5 Å². The maximum atomic E-state index is 6.28. The maximum absolute atomic E-state index is 6.28. The van der Waals surface area contributed by atoms with Crippen LogP contribution in [0.5, 0.6) is 0 Å². The van der Waals surface area contributed by atoms with Crippen molar-refractivity contribution in [3.05, 3.63) is 35.8 Å². The van der Waals surface area contributed by atoms with Gasteiger partial charge in [0.1, 0.15) is 11.5 Å². The summed E-state index contributed by atoms with van der Waals surface area (Å²) < 4.78 is 0. The van der Waals surface area contributed by atoms with Gasteiger partial charge in [0.2, 0.25) is 0 Å². The van der Waals surface area contributed by atoms with Crippen molar-refractivity contribution in [1.82, 2.24) is 15.0 Å². The quantitative estimate of drug-likeness (QED) is 0.853. The Bertz CT molecular complexity index is 602. The number of rotatable bonds is 2. The van der Waals surface area contributed by atoms with Crippen LogP contribution in [-0.4, -0.2) is 15.0 Å². The van der Waals surface area contributed by atoms with Crippen LogP contribution in [-0.2, 0) is 5.54 Å². The lowest BCUT2D eigenvalue weighted by molar-refractivity contribution is 0.253. The zero-order valence-corrected chi connectivity index (χ0v) is 10.9. The number of pyridine rings is 1. The van der Waals surface area contributed by atoms with Gasteiger partial charge in [0.15, 0.2) is 0 Å². The Kier molecular flexibility index (Phi) is 2.71. The van der Waals surface area contributed by atoms with Gasteiger partial charge in [-0.3, -0.25) is 4.98 Å². The lowest BCUT2D eigenvalue weighted by atomic mass is 9.73. The van der Waals surface area contributed by atoms with E-state index in [9.17, 15) is 0 Å². The maximum Gasteiger partial charge on any atom is 0.142 e. The SMILES string of the molecule is Cc1nc(N)cnc1-c1ccc(C2(N)CCC2)cn1. The first-order valence-corrected chi connectivity index (χ1v) is 6.43. The Morgan fingerprint density at radius 2 is 1.95 bits per heavy atom. The fourth-order valence-electron chi connectivity index (χ4n) is 2.43. The smallest absolute Gasteiger partial charge is 0.142 e. The van der Waals surface area contributed by atoms with Gasteiger partial charge >= 0.3 is 0 Å². The Balaban J connectivity index is 1.94. The molecule has 0 spiro atoms. The second-order valence-corrected chi connectivity index (χ2v) is 5.17. The van der Waals surface area contributed by atoms with Crippen LogP contribution in [0.1, 0.15) is 30.5 Å². The van der Waals surface area contributed by atoms with Crippen molar-refractivity contribution in [3.63, 3.8) is 0 Å². The van der Waals surface area contributed by atoms with Gasteiger partial charge in [-0.2, -0.15) is 0 Å². The van der Waals surface area contributed by atoms with Crippen molar-refractivity contribution >= 4 is 5.82 Å². The van der Waals surface area contributed by atoms with E-state index in [2.05, 4.69) is 15.0 Å². The van der Waals surface area contributed by atoms with E-state index < -0.39 is 0 Å². The molecule has 1 saturated carbocycles. The summed E-state index contributed by atoms with van der Waals surface area (Å²) in [4.78, 5) is 13.0. The van der Waals surface area contributed by atoms with Gasteiger partial charge in [-0.25, -0.2) is 9.97 Å². The molecule has 19 heavy (non-hydrogen) atoms. The number of hydrogen-bond donors (Lipinski definition) is 2. The van der Waals surface area contributed by atoms with E-state index in [1.807, 2.05) is 25.3 Å². The number of nitrogen functional groups attached to an aromatic ring is 1. The van der Waals surface area contributed by atoms with E-state index in [1.54, 1.807) is 6.20 Å². The van der Waals surface area contributed by atoms with Gasteiger partial charge in [0, 0.05) is 11.7 Å². The third-order valence-corrected chi connectivity index (χ3v) is 3.79. The van der Waals surface area contributed by atoms with Crippen LogP contribution in [0.4, 0.5) is 5.82 Å². The number of nitrogens with zero attached hydrogens (tertiary/aromatic N) is 3. The number of aryl methyl sites for hydroxylation is 1. The van der Waals surface area contributed by atoms with E-state index in [1.165, 1.54) is 6.42 Å². The summed E-state index contributed by atoms with van der Waals surface area (Å²) in [7, 11) is 0. The van der Waals surface area contributed by atoms with E-state index in [0.717, 1.165) is 35.5 Å². The standard InChI is InChI=1S/C14H17N5/c1-9-13(18-8-12(15)19-9)11-4-3-10(7-17-11)14(16)5-2-6-14/h3-4,7-8H,2,5-6,16H2,1H3,(H2,15,19). The van der Waals surface area contributed by atoms with Crippen molar-refractivity contribution in [3.8, 4) is 11.4 Å². The molecule has 1 aliphatic carbocycles. The van der Waals surface area contributed by atoms with Gasteiger partial charge in [0.05, 0.1) is 17.6 Å². The highest BCUT2D eigenvalue weighted by atomic mass is 14.9. The molecule has 1 aliphatic rings. The fraction of sp³-hybridized carbons (Fsp3) is 0.357. The molecule has 2 aromatic rings. The molecule has 0 radical (unpaired) electrons. The molecule has 0 amide bonds. The number of nitrogens with two attached hydrogens (primary N) is 2. The Morgan fingerprint density at radius 3 is 2.47 bits per heavy atom. The average Bonchev–Trinajstić information content (AvgIpc) is 2.36. The first-order chi connectivity index (χ1) is 9.08. The summed E-state index contributed by atoms with van der Waals surface area (Å²) in [6.45, 7) is 1.88. The normalized spacial score (nSPS) is 16.9. The van der Waals surface area contributed by atoms with Crippen LogP contribution < -0.4 is 11.5 Å². The molecule has 1 fully saturated rings. The fourth-order valence-corrected chi connectivity index (χ4v) is 2.43. The first-order valence-electron chi connectivity index (χ1n) is 6.43. The topological polar surface area (TPSA) is 90.7 Å². The predicted octanol–water partition coefficient (Wildman–Crippen LogP) is 1.77. The van der Waals surface area contributed by atoms with Gasteiger partial charge in [0.25, 0.3) is 0 Å². The highest BCUT2D eigenvalue weighted by Crippen LogP contribution is 2.38. The molecular weight excluding hydrogens is 238 g/mol. The summed E-state index contributed by atoms with van der Waals surface area (Å²) in [5.74, 6) is 0.424. The highest BCUT2D eigenvalue weighted by molar-refractivity contribution is 5.58. The largest absolute Gasteiger partial charge is 0.382 e. The molecule has 3 rings (SSSR count). The molecule has 0 atom stereocenters. The molecule has 0 aliphatic heterocycles. The van der Waals surface area contributed by atoms with Crippen LogP contribution in [0, 0.1) is 6.92 Å². The van der Waals surface area contributed by atoms with Crippen molar-refractivity contribution in [2.24, 2.45) is 5.73 Å². The summed E-state index contributed by atoms with van der Waals surface area (Å²) in [5.41, 5.74) is 15.2. The minimum absolute atomic E-state index is 0.173. The van der Waals surface area contributed by atoms with E-state index in [0.29, 0.717) is 5.82 Å². The Labute approximate surface area is 112 Å². The second-order valence-electron chi connectivity index (χ2n) is 5.17. The van der Waals surface area contributed by atoms with Crippen LogP contribution >= 0.6 is 0 Å². The van der Waals surface area contributed by atoms with Gasteiger partial charge in [-0.1, -0.05) is 6.07 Å². The van der Waals surface area contributed by atoms with E-state index >= 15 is 0 Å². The molecule has 0 saturated heterocycles. The molecule has 98 valence electrons. The van der Waals surface area contributed by atoms with Crippen LogP contribution in [0.15, 0.2) is 24.5 Å². The Hall–Kier alpha value is -2.01. The minimum Gasteiger partial charge on any atom is -0.382 e. The highest BCUT2D eigenvalue weighted by Gasteiger charge is 2.34. The second kappa shape index (κ2) is 4.28. The van der Waals surface area contributed by atoms with Crippen molar-refractivity contribution in [2.75, 3.05) is 5.73 Å². The number of aromatic nitrogens is 3. The zero-order valence-electron chi connectivity index (χ0n) is 10.9. The molecule has 0 bridgehead atoms. The van der Waals surface area contributed by atoms with Crippen LogP contribution in [0.25, 0.3) is 11.4 Å². The molecule has 0 aromatic carbocycles. The summed E-state index contributed by atoms with van der Waals surface area (Å²) in [6, 6.07) is 3.99. The molecule has 2 heterocycles. The minimum atomic E-state index is -0.173. The lowest BCUT2D eigenvalue weighted by Crippen LogP contribution is -2.43. The summed E-state index contributed by atoms with van der Waals surface area (Å²) in [6.07, 6.45) is 6.67. The van der Waals surface area contributed by atoms with Gasteiger partial charge in [-0.15, -0.1) is 0 Å². The number of anilines is 1. The van der Waals surface area contributed by atoms with Crippen molar-refractivity contribution in [1.29, 1.82) is 0 Å². The zero-order chi connectivity index (χ0) is 13.5. The van der Waals surface area contributed by atoms with Crippen molar-refractivity contribution < 1.29 is 0 Å². The third kappa shape index (κ3) is 2.06. The summed E-state index contributed by atoms with van der Waals surface area (Å²) in [5, 5.41) is 0. The van der Waals surface area contributed by atoms with Crippen molar-refractivity contribution in [2.45, 2.75) is 31.7 Å². The van der Waals surface area contributed by atoms with Gasteiger partial charge < -0.3 is 11.5 Å². The molecule has 0 unspecified atom stereocenters. The summed E-state index contributed by atoms with van der Waals surface area (Å²) >= 11 is 0. The van der Waals surface area contributed by atoms with E-state index in [-0.39, 0.29) is 5.54 Å². The van der Waals surface area contributed by atoms with Crippen LogP contribution in [0.2, 0.25) is 0 Å². The monoisotopic (exact) mass is 255 g/mol. The third-order valence-electron chi connectivity index (χ3n) is 3.79. The van der Waals surface area contributed by atoms with Gasteiger partial charge in [-0.05, 0) is 37.8 Å². The average molecular weight is 255 g/mol. The number of hydrogen-bond acceptors (Lipinski definition) is 5. The predicted molar refractivity (Wildman–Crippen MR) is 74.1 cm³/mol.